The Morgan fingerprint density at radius 3 is 2.02 bits per heavy atom. The highest BCUT2D eigenvalue weighted by molar-refractivity contribution is 5.71. The second-order valence-corrected chi connectivity index (χ2v) is 11.4. The zero-order valence-electron chi connectivity index (χ0n) is 26.5. The molecule has 2 heterocycles. The SMILES string of the molecule is CC.COC(=O)CN1CCN(C=O)CC1.Cc1ccc([C@@H]2CN(C(C)(C)C)CC2C)c(F)c1.Cc1ccccc1F. The quantitative estimate of drug-likeness (QED) is 0.328. The second-order valence-electron chi connectivity index (χ2n) is 11.4. The van der Waals surface area contributed by atoms with Crippen molar-refractivity contribution in [1.29, 1.82) is 0 Å². The summed E-state index contributed by atoms with van der Waals surface area (Å²) in [7, 11) is 1.38. The lowest BCUT2D eigenvalue weighted by molar-refractivity contribution is -0.142. The van der Waals surface area contributed by atoms with Crippen molar-refractivity contribution in [2.24, 2.45) is 5.92 Å². The van der Waals surface area contributed by atoms with Crippen molar-refractivity contribution in [2.45, 2.75) is 66.8 Å². The molecule has 2 aromatic rings. The van der Waals surface area contributed by atoms with E-state index in [4.69, 9.17) is 0 Å². The summed E-state index contributed by atoms with van der Waals surface area (Å²) in [4.78, 5) is 27.4. The number of carbonyl (C=O) groups excluding carboxylic acids is 2. The number of likely N-dealkylation sites (tertiary alicyclic amines) is 1. The molecule has 0 saturated carbocycles. The molecule has 2 aromatic carbocycles. The fourth-order valence-corrected chi connectivity index (χ4v) is 4.68. The van der Waals surface area contributed by atoms with Gasteiger partial charge in [-0.2, -0.15) is 0 Å². The summed E-state index contributed by atoms with van der Waals surface area (Å²) in [5.74, 6) is 0.445. The Labute approximate surface area is 246 Å². The van der Waals surface area contributed by atoms with Crippen LogP contribution in [-0.2, 0) is 14.3 Å². The van der Waals surface area contributed by atoms with Gasteiger partial charge < -0.3 is 9.64 Å². The van der Waals surface area contributed by atoms with Gasteiger partial charge in [-0.25, -0.2) is 8.78 Å². The van der Waals surface area contributed by atoms with Gasteiger partial charge in [-0.1, -0.05) is 51.1 Å². The Morgan fingerprint density at radius 1 is 0.976 bits per heavy atom. The minimum atomic E-state index is -0.223. The Bertz CT molecular complexity index is 1040. The predicted octanol–water partition coefficient (Wildman–Crippen LogP) is 6.06. The molecule has 6 nitrogen and oxygen atoms in total. The predicted molar refractivity (Wildman–Crippen MR) is 163 cm³/mol. The molecule has 1 amide bonds. The van der Waals surface area contributed by atoms with E-state index >= 15 is 0 Å². The zero-order valence-corrected chi connectivity index (χ0v) is 26.5. The lowest BCUT2D eigenvalue weighted by atomic mass is 9.89. The third kappa shape index (κ3) is 12.3. The summed E-state index contributed by atoms with van der Waals surface area (Å²) in [6.07, 6.45) is 0.843. The number of methoxy groups -OCH3 is 1. The van der Waals surface area contributed by atoms with E-state index in [9.17, 15) is 18.4 Å². The molecule has 0 aliphatic carbocycles. The standard InChI is InChI=1S/C16H24FN.C8H14N2O3.C7H7F.C2H6/c1-11-6-7-13(15(17)8-11)14-10-18(9-12(14)2)16(3,4)5;1-13-8(12)6-9-2-4-10(7-11)5-3-9;1-6-4-2-3-5-7(6)8;1-2/h6-8,12,14H,9-10H2,1-5H3;7H,2-6H2,1H3;2-5H,1H3;1-2H3/t12?,14-;;;/m1.../s1. The van der Waals surface area contributed by atoms with Gasteiger partial charge in [-0.15, -0.1) is 0 Å². The molecular weight excluding hydrogens is 524 g/mol. The largest absolute Gasteiger partial charge is 0.468 e. The van der Waals surface area contributed by atoms with Crippen LogP contribution in [0.3, 0.4) is 0 Å². The fourth-order valence-electron chi connectivity index (χ4n) is 4.68. The van der Waals surface area contributed by atoms with Crippen LogP contribution in [-0.4, -0.2) is 85.5 Å². The lowest BCUT2D eigenvalue weighted by Gasteiger charge is -2.31. The van der Waals surface area contributed by atoms with Gasteiger partial charge in [0.05, 0.1) is 13.7 Å². The summed E-state index contributed by atoms with van der Waals surface area (Å²) in [5, 5.41) is 0. The molecule has 1 unspecified atom stereocenters. The smallest absolute Gasteiger partial charge is 0.319 e. The van der Waals surface area contributed by atoms with E-state index in [2.05, 4.69) is 37.3 Å². The van der Waals surface area contributed by atoms with Gasteiger partial charge in [-0.05, 0) is 69.4 Å². The van der Waals surface area contributed by atoms with Crippen LogP contribution in [0, 0.1) is 31.4 Å². The van der Waals surface area contributed by atoms with Crippen LogP contribution >= 0.6 is 0 Å². The van der Waals surface area contributed by atoms with Gasteiger partial charge in [0.15, 0.2) is 0 Å². The van der Waals surface area contributed by atoms with E-state index in [1.807, 2.05) is 43.9 Å². The first kappa shape index (κ1) is 36.2. The Morgan fingerprint density at radius 2 is 1.59 bits per heavy atom. The van der Waals surface area contributed by atoms with Crippen LogP contribution in [0.5, 0.6) is 0 Å². The maximum Gasteiger partial charge on any atom is 0.319 e. The number of aryl methyl sites for hydroxylation is 2. The summed E-state index contributed by atoms with van der Waals surface area (Å²) in [6.45, 7) is 21.8. The van der Waals surface area contributed by atoms with Gasteiger partial charge in [0.25, 0.3) is 0 Å². The number of carbonyl (C=O) groups is 2. The number of piperazine rings is 1. The number of rotatable bonds is 4. The molecule has 4 rings (SSSR count). The molecule has 2 aliphatic heterocycles. The van der Waals surface area contributed by atoms with E-state index in [0.717, 1.165) is 43.7 Å². The van der Waals surface area contributed by atoms with Gasteiger partial charge in [0.2, 0.25) is 6.41 Å². The van der Waals surface area contributed by atoms with Gasteiger partial charge >= 0.3 is 5.97 Å². The molecule has 0 aromatic heterocycles. The van der Waals surface area contributed by atoms with Crippen molar-refractivity contribution in [3.8, 4) is 0 Å². The minimum Gasteiger partial charge on any atom is -0.468 e. The summed E-state index contributed by atoms with van der Waals surface area (Å²) >= 11 is 0. The molecule has 230 valence electrons. The third-order valence-corrected chi connectivity index (χ3v) is 7.33. The van der Waals surface area contributed by atoms with Crippen LogP contribution in [0.1, 0.15) is 64.2 Å². The average Bonchev–Trinajstić information content (AvgIpc) is 3.34. The van der Waals surface area contributed by atoms with Crippen molar-refractivity contribution < 1.29 is 23.1 Å². The number of nitrogens with zero attached hydrogens (tertiary/aromatic N) is 3. The second kappa shape index (κ2) is 17.9. The lowest BCUT2D eigenvalue weighted by Crippen LogP contribution is -2.47. The Kier molecular flexibility index (Phi) is 15.8. The van der Waals surface area contributed by atoms with Crippen LogP contribution < -0.4 is 0 Å². The summed E-state index contributed by atoms with van der Waals surface area (Å²) in [5.41, 5.74) is 2.76. The van der Waals surface area contributed by atoms with Gasteiger partial charge in [-0.3, -0.25) is 19.4 Å². The highest BCUT2D eigenvalue weighted by Gasteiger charge is 2.36. The number of ether oxygens (including phenoxy) is 1. The molecule has 0 spiro atoms. The molecule has 2 fully saturated rings. The Balaban J connectivity index is 0.000000319. The third-order valence-electron chi connectivity index (χ3n) is 7.33. The number of benzene rings is 2. The van der Waals surface area contributed by atoms with Crippen molar-refractivity contribution in [1.82, 2.24) is 14.7 Å². The number of hydrogen-bond donors (Lipinski definition) is 0. The topological polar surface area (TPSA) is 53.1 Å². The van der Waals surface area contributed by atoms with E-state index < -0.39 is 0 Å². The monoisotopic (exact) mass is 575 g/mol. The van der Waals surface area contributed by atoms with E-state index in [-0.39, 0.29) is 23.1 Å². The van der Waals surface area contributed by atoms with Crippen molar-refractivity contribution in [3.63, 3.8) is 0 Å². The van der Waals surface area contributed by atoms with Crippen LogP contribution in [0.2, 0.25) is 0 Å². The van der Waals surface area contributed by atoms with E-state index in [0.29, 0.717) is 37.0 Å². The zero-order chi connectivity index (χ0) is 31.2. The maximum absolute atomic E-state index is 14.1. The number of amides is 1. The van der Waals surface area contributed by atoms with E-state index in [1.165, 1.54) is 13.2 Å². The number of hydrogen-bond acceptors (Lipinski definition) is 5. The van der Waals surface area contributed by atoms with Crippen LogP contribution in [0.15, 0.2) is 42.5 Å². The highest BCUT2D eigenvalue weighted by Crippen LogP contribution is 2.37. The molecule has 0 bridgehead atoms. The Hall–Kier alpha value is -2.84. The summed E-state index contributed by atoms with van der Waals surface area (Å²) in [6, 6.07) is 12.3. The molecule has 2 atom stereocenters. The first-order chi connectivity index (χ1) is 19.3. The summed E-state index contributed by atoms with van der Waals surface area (Å²) < 4.78 is 30.9. The molecule has 2 aliphatic rings. The number of halogens is 2. The first-order valence-electron chi connectivity index (χ1n) is 14.6. The first-order valence-corrected chi connectivity index (χ1v) is 14.6. The number of esters is 1. The molecular formula is C33H51F2N3O3. The minimum absolute atomic E-state index is 0.0393. The van der Waals surface area contributed by atoms with Crippen LogP contribution in [0.25, 0.3) is 0 Å². The normalized spacial score (nSPS) is 19.0. The van der Waals surface area contributed by atoms with Crippen molar-refractivity contribution in [3.05, 3.63) is 70.8 Å². The highest BCUT2D eigenvalue weighted by atomic mass is 19.1. The fraction of sp³-hybridized carbons (Fsp3) is 0.576. The maximum atomic E-state index is 14.1. The molecule has 0 N–H and O–H groups in total. The molecule has 8 heteroatoms. The molecule has 41 heavy (non-hydrogen) atoms. The van der Waals surface area contributed by atoms with Crippen LogP contribution in [0.4, 0.5) is 8.78 Å². The van der Waals surface area contributed by atoms with Gasteiger partial charge in [0, 0.05) is 50.7 Å². The van der Waals surface area contributed by atoms with Crippen molar-refractivity contribution >= 4 is 12.4 Å². The molecule has 2 saturated heterocycles. The van der Waals surface area contributed by atoms with Gasteiger partial charge in [0.1, 0.15) is 11.6 Å². The van der Waals surface area contributed by atoms with Crippen molar-refractivity contribution in [2.75, 3.05) is 52.9 Å². The molecule has 0 radical (unpaired) electrons. The average molecular weight is 576 g/mol. The van der Waals surface area contributed by atoms with E-state index in [1.54, 1.807) is 30.0 Å².